The second-order valence-electron chi connectivity index (χ2n) is 5.56. The van der Waals surface area contributed by atoms with Crippen LogP contribution in [-0.2, 0) is 5.60 Å². The highest BCUT2D eigenvalue weighted by Gasteiger charge is 2.19. The summed E-state index contributed by atoms with van der Waals surface area (Å²) in [5.41, 5.74) is -0.463. The summed E-state index contributed by atoms with van der Waals surface area (Å²) in [4.78, 5) is 0. The van der Waals surface area contributed by atoms with Crippen molar-refractivity contribution in [3.8, 4) is 23.3 Å². The van der Waals surface area contributed by atoms with Crippen LogP contribution < -0.4 is 4.74 Å². The number of hydrogen-bond acceptors (Lipinski definition) is 2. The van der Waals surface area contributed by atoms with Gasteiger partial charge in [0.15, 0.2) is 0 Å². The maximum Gasteiger partial charge on any atom is 0.148 e. The minimum absolute atomic E-state index is 0.301. The van der Waals surface area contributed by atoms with E-state index >= 15 is 0 Å². The molecular weight excluding hydrogens is 291 g/mol. The van der Waals surface area contributed by atoms with Gasteiger partial charge < -0.3 is 9.84 Å². The summed E-state index contributed by atoms with van der Waals surface area (Å²) in [6.07, 6.45) is 2.91. The molecule has 2 aromatic carbocycles. The summed E-state index contributed by atoms with van der Waals surface area (Å²) in [5.74, 6) is 6.81. The first-order valence-corrected chi connectivity index (χ1v) is 7.77. The number of rotatable bonds is 5. The van der Waals surface area contributed by atoms with Crippen LogP contribution in [0, 0.1) is 17.7 Å². The van der Waals surface area contributed by atoms with Gasteiger partial charge in [-0.2, -0.15) is 0 Å². The van der Waals surface area contributed by atoms with Crippen molar-refractivity contribution < 1.29 is 14.2 Å². The van der Waals surface area contributed by atoms with Crippen LogP contribution in [0.5, 0.6) is 11.5 Å². The zero-order valence-electron chi connectivity index (χ0n) is 13.5. The lowest BCUT2D eigenvalue weighted by atomic mass is 9.96. The van der Waals surface area contributed by atoms with Crippen molar-refractivity contribution in [1.29, 1.82) is 0 Å². The van der Waals surface area contributed by atoms with Crippen LogP contribution in [-0.4, -0.2) is 5.11 Å². The maximum absolute atomic E-state index is 12.9. The Bertz CT molecular complexity index is 676. The molecule has 0 fully saturated rings. The highest BCUT2D eigenvalue weighted by atomic mass is 19.1. The molecule has 23 heavy (non-hydrogen) atoms. The van der Waals surface area contributed by atoms with Crippen molar-refractivity contribution in [2.24, 2.45) is 0 Å². The van der Waals surface area contributed by atoms with Crippen molar-refractivity contribution in [1.82, 2.24) is 0 Å². The quantitative estimate of drug-likeness (QED) is 0.620. The summed E-state index contributed by atoms with van der Waals surface area (Å²) in [6.45, 7) is 3.79. The van der Waals surface area contributed by atoms with Crippen LogP contribution in [0.3, 0.4) is 0 Å². The normalized spacial score (nSPS) is 12.9. The summed E-state index contributed by atoms with van der Waals surface area (Å²) < 4.78 is 18.5. The molecule has 1 atom stereocenters. The van der Waals surface area contributed by atoms with Gasteiger partial charge in [0.25, 0.3) is 0 Å². The van der Waals surface area contributed by atoms with E-state index in [4.69, 9.17) is 4.74 Å². The van der Waals surface area contributed by atoms with E-state index in [0.29, 0.717) is 17.1 Å². The van der Waals surface area contributed by atoms with Gasteiger partial charge in [0.05, 0.1) is 0 Å². The molecule has 0 aliphatic carbocycles. The van der Waals surface area contributed by atoms with E-state index in [1.54, 1.807) is 43.3 Å². The van der Waals surface area contributed by atoms with Gasteiger partial charge in [0.1, 0.15) is 22.9 Å². The fourth-order valence-corrected chi connectivity index (χ4v) is 2.06. The van der Waals surface area contributed by atoms with Gasteiger partial charge in [-0.05, 0) is 55.3 Å². The molecule has 0 spiro atoms. The average molecular weight is 312 g/mol. The third-order valence-corrected chi connectivity index (χ3v) is 3.45. The molecule has 0 bridgehead atoms. The summed E-state index contributed by atoms with van der Waals surface area (Å²) >= 11 is 0. The molecule has 120 valence electrons. The van der Waals surface area contributed by atoms with E-state index in [1.165, 1.54) is 12.1 Å². The highest BCUT2D eigenvalue weighted by Crippen LogP contribution is 2.26. The van der Waals surface area contributed by atoms with Crippen LogP contribution in [0.4, 0.5) is 4.39 Å². The number of ether oxygens (including phenoxy) is 1. The Morgan fingerprint density at radius 2 is 1.61 bits per heavy atom. The fourth-order valence-electron chi connectivity index (χ4n) is 2.06. The maximum atomic E-state index is 12.9. The van der Waals surface area contributed by atoms with E-state index in [0.717, 1.165) is 19.3 Å². The largest absolute Gasteiger partial charge is 0.457 e. The zero-order chi connectivity index (χ0) is 16.7. The van der Waals surface area contributed by atoms with Gasteiger partial charge in [0, 0.05) is 6.42 Å². The predicted molar refractivity (Wildman–Crippen MR) is 89.8 cm³/mol. The number of halogens is 1. The molecule has 2 nitrogen and oxygen atoms in total. The molecule has 0 amide bonds. The van der Waals surface area contributed by atoms with Crippen LogP contribution in [0.15, 0.2) is 48.5 Å². The Morgan fingerprint density at radius 3 is 2.17 bits per heavy atom. The molecule has 0 saturated heterocycles. The molecule has 0 aliphatic heterocycles. The number of aliphatic hydroxyl groups is 1. The van der Waals surface area contributed by atoms with Gasteiger partial charge in [-0.25, -0.2) is 4.39 Å². The molecule has 1 N–H and O–H groups in total. The van der Waals surface area contributed by atoms with Crippen molar-refractivity contribution in [3.05, 3.63) is 59.9 Å². The molecular formula is C20H21FO2. The molecule has 0 aromatic heterocycles. The van der Waals surface area contributed by atoms with Crippen molar-refractivity contribution in [2.45, 2.75) is 38.7 Å². The average Bonchev–Trinajstić information content (AvgIpc) is 2.54. The standard InChI is InChI=1S/C20H21FO2/c1-3-4-5-6-15-20(2,22)16-7-11-18(12-8-16)23-19-13-9-17(21)10-14-19/h7-14,22H,3-5H2,1-2H3. The van der Waals surface area contributed by atoms with E-state index in [1.807, 2.05) is 0 Å². The van der Waals surface area contributed by atoms with E-state index in [-0.39, 0.29) is 5.82 Å². The van der Waals surface area contributed by atoms with E-state index < -0.39 is 5.60 Å². The highest BCUT2D eigenvalue weighted by molar-refractivity contribution is 5.37. The first-order chi connectivity index (χ1) is 11.0. The van der Waals surface area contributed by atoms with Crippen molar-refractivity contribution in [3.63, 3.8) is 0 Å². The van der Waals surface area contributed by atoms with Crippen LogP contribution >= 0.6 is 0 Å². The summed E-state index contributed by atoms with van der Waals surface area (Å²) in [5, 5.41) is 10.4. The fraction of sp³-hybridized carbons (Fsp3) is 0.300. The van der Waals surface area contributed by atoms with Crippen molar-refractivity contribution in [2.75, 3.05) is 0 Å². The Kier molecular flexibility index (Phi) is 5.78. The molecule has 2 rings (SSSR count). The van der Waals surface area contributed by atoms with E-state index in [9.17, 15) is 9.50 Å². The third-order valence-electron chi connectivity index (χ3n) is 3.45. The Morgan fingerprint density at radius 1 is 1.04 bits per heavy atom. The van der Waals surface area contributed by atoms with Crippen LogP contribution in [0.25, 0.3) is 0 Å². The Labute approximate surface area is 136 Å². The zero-order valence-corrected chi connectivity index (χ0v) is 13.5. The third kappa shape index (κ3) is 5.12. The topological polar surface area (TPSA) is 29.5 Å². The molecule has 3 heteroatoms. The molecule has 0 aliphatic rings. The van der Waals surface area contributed by atoms with E-state index in [2.05, 4.69) is 18.8 Å². The first-order valence-electron chi connectivity index (χ1n) is 7.77. The second-order valence-corrected chi connectivity index (χ2v) is 5.56. The lowest BCUT2D eigenvalue weighted by molar-refractivity contribution is 0.122. The summed E-state index contributed by atoms with van der Waals surface area (Å²) in [7, 11) is 0. The predicted octanol–water partition coefficient (Wildman–Crippen LogP) is 5.02. The Hall–Kier alpha value is -2.31. The Balaban J connectivity index is 2.05. The minimum Gasteiger partial charge on any atom is -0.457 e. The minimum atomic E-state index is -1.18. The number of unbranched alkanes of at least 4 members (excludes halogenated alkanes) is 2. The lowest BCUT2D eigenvalue weighted by Gasteiger charge is -2.17. The van der Waals surface area contributed by atoms with Crippen molar-refractivity contribution >= 4 is 0 Å². The SMILES string of the molecule is CCCCC#CC(C)(O)c1ccc(Oc2ccc(F)cc2)cc1. The second kappa shape index (κ2) is 7.80. The van der Waals surface area contributed by atoms with Gasteiger partial charge in [-0.1, -0.05) is 37.3 Å². The number of benzene rings is 2. The van der Waals surface area contributed by atoms with Gasteiger partial charge in [-0.3, -0.25) is 0 Å². The monoisotopic (exact) mass is 312 g/mol. The molecule has 0 heterocycles. The van der Waals surface area contributed by atoms with Crippen LogP contribution in [0.1, 0.15) is 38.7 Å². The van der Waals surface area contributed by atoms with Crippen LogP contribution in [0.2, 0.25) is 0 Å². The van der Waals surface area contributed by atoms with Gasteiger partial charge >= 0.3 is 0 Å². The molecule has 1 unspecified atom stereocenters. The lowest BCUT2D eigenvalue weighted by Crippen LogP contribution is -2.18. The van der Waals surface area contributed by atoms with Gasteiger partial charge in [0.2, 0.25) is 0 Å². The number of hydrogen-bond donors (Lipinski definition) is 1. The molecule has 0 radical (unpaired) electrons. The molecule has 2 aromatic rings. The first kappa shape index (κ1) is 17.1. The summed E-state index contributed by atoms with van der Waals surface area (Å²) in [6, 6.07) is 12.9. The van der Waals surface area contributed by atoms with Gasteiger partial charge in [-0.15, -0.1) is 0 Å². The molecule has 0 saturated carbocycles. The smallest absolute Gasteiger partial charge is 0.148 e.